The van der Waals surface area contributed by atoms with Gasteiger partial charge in [-0.2, -0.15) is 0 Å². The number of nitrogens with one attached hydrogen (secondary N) is 1. The fourth-order valence-electron chi connectivity index (χ4n) is 0.946. The molecule has 0 aliphatic heterocycles. The smallest absolute Gasteiger partial charge is 0.146 e. The highest BCUT2D eigenvalue weighted by molar-refractivity contribution is 5.44. The predicted molar refractivity (Wildman–Crippen MR) is 49.8 cm³/mol. The van der Waals surface area contributed by atoms with Crippen molar-refractivity contribution < 1.29 is 4.39 Å². The van der Waals surface area contributed by atoms with Crippen LogP contribution in [0.15, 0.2) is 24.3 Å². The van der Waals surface area contributed by atoms with Gasteiger partial charge in [-0.25, -0.2) is 4.39 Å². The number of benzene rings is 1. The topological polar surface area (TPSA) is 12.0 Å². The standard InChI is InChI=1S/C10H14FN/c1-3-8(2)12-10-7-5-4-6-9(10)11/h4-8,12H,3H2,1-2H3/t8-/m1/s1. The van der Waals surface area contributed by atoms with Gasteiger partial charge in [-0.1, -0.05) is 19.1 Å². The van der Waals surface area contributed by atoms with Gasteiger partial charge in [0, 0.05) is 6.04 Å². The van der Waals surface area contributed by atoms with Crippen LogP contribution < -0.4 is 5.32 Å². The van der Waals surface area contributed by atoms with E-state index in [0.29, 0.717) is 11.7 Å². The van der Waals surface area contributed by atoms with Gasteiger partial charge < -0.3 is 5.32 Å². The zero-order valence-electron chi connectivity index (χ0n) is 7.47. The van der Waals surface area contributed by atoms with Crippen LogP contribution in [0.5, 0.6) is 0 Å². The molecule has 1 aromatic carbocycles. The van der Waals surface area contributed by atoms with Crippen LogP contribution in [0.2, 0.25) is 0 Å². The number of para-hydroxylation sites is 1. The number of rotatable bonds is 3. The van der Waals surface area contributed by atoms with Gasteiger partial charge in [0.1, 0.15) is 5.82 Å². The molecule has 0 heterocycles. The van der Waals surface area contributed by atoms with Crippen molar-refractivity contribution in [1.29, 1.82) is 0 Å². The summed E-state index contributed by atoms with van der Waals surface area (Å²) >= 11 is 0. The molecule has 1 N–H and O–H groups in total. The molecule has 0 amide bonds. The van der Waals surface area contributed by atoms with Gasteiger partial charge in [-0.15, -0.1) is 0 Å². The molecule has 0 aliphatic carbocycles. The van der Waals surface area contributed by atoms with E-state index in [-0.39, 0.29) is 5.82 Å². The minimum atomic E-state index is -0.183. The summed E-state index contributed by atoms with van der Waals surface area (Å²) in [6.45, 7) is 4.10. The number of halogens is 1. The molecule has 12 heavy (non-hydrogen) atoms. The number of hydrogen-bond acceptors (Lipinski definition) is 1. The summed E-state index contributed by atoms with van der Waals surface area (Å²) < 4.78 is 13.0. The van der Waals surface area contributed by atoms with E-state index < -0.39 is 0 Å². The van der Waals surface area contributed by atoms with Crippen LogP contribution in [0.1, 0.15) is 20.3 Å². The van der Waals surface area contributed by atoms with Gasteiger partial charge in [0.15, 0.2) is 0 Å². The third-order valence-corrected chi connectivity index (χ3v) is 1.89. The quantitative estimate of drug-likeness (QED) is 0.729. The highest BCUT2D eigenvalue weighted by Crippen LogP contribution is 2.13. The Kier molecular flexibility index (Phi) is 3.09. The Morgan fingerprint density at radius 2 is 2.08 bits per heavy atom. The summed E-state index contributed by atoms with van der Waals surface area (Å²) in [4.78, 5) is 0. The molecule has 0 radical (unpaired) electrons. The van der Waals surface area contributed by atoms with E-state index in [9.17, 15) is 4.39 Å². The zero-order valence-corrected chi connectivity index (χ0v) is 7.47. The minimum absolute atomic E-state index is 0.183. The average Bonchev–Trinajstić information content (AvgIpc) is 2.09. The first-order chi connectivity index (χ1) is 5.74. The SMILES string of the molecule is CC[C@@H](C)Nc1ccccc1F. The van der Waals surface area contributed by atoms with E-state index in [1.807, 2.05) is 13.0 Å². The lowest BCUT2D eigenvalue weighted by atomic mass is 10.2. The normalized spacial score (nSPS) is 12.6. The molecule has 0 saturated carbocycles. The molecule has 0 spiro atoms. The molecular weight excluding hydrogens is 153 g/mol. The van der Waals surface area contributed by atoms with Crippen molar-refractivity contribution in [3.8, 4) is 0 Å². The molecule has 0 aliphatic rings. The van der Waals surface area contributed by atoms with Crippen molar-refractivity contribution in [2.24, 2.45) is 0 Å². The van der Waals surface area contributed by atoms with Crippen molar-refractivity contribution in [2.45, 2.75) is 26.3 Å². The Bertz CT molecular complexity index is 247. The molecular formula is C10H14FN. The molecule has 0 unspecified atom stereocenters. The maximum absolute atomic E-state index is 13.0. The Hall–Kier alpha value is -1.05. The molecule has 1 aromatic rings. The Balaban J connectivity index is 2.69. The van der Waals surface area contributed by atoms with Crippen LogP contribution in [0.25, 0.3) is 0 Å². The second-order valence-corrected chi connectivity index (χ2v) is 2.93. The third kappa shape index (κ3) is 2.22. The maximum Gasteiger partial charge on any atom is 0.146 e. The van der Waals surface area contributed by atoms with Crippen LogP contribution >= 0.6 is 0 Å². The highest BCUT2D eigenvalue weighted by atomic mass is 19.1. The molecule has 0 bridgehead atoms. The molecule has 66 valence electrons. The summed E-state index contributed by atoms with van der Waals surface area (Å²) in [6, 6.07) is 7.05. The Morgan fingerprint density at radius 3 is 2.67 bits per heavy atom. The van der Waals surface area contributed by atoms with E-state index in [4.69, 9.17) is 0 Å². The van der Waals surface area contributed by atoms with Gasteiger partial charge in [0.05, 0.1) is 5.69 Å². The van der Waals surface area contributed by atoms with E-state index in [0.717, 1.165) is 6.42 Å². The van der Waals surface area contributed by atoms with Crippen molar-refractivity contribution in [3.63, 3.8) is 0 Å². The molecule has 0 aromatic heterocycles. The molecule has 1 atom stereocenters. The average molecular weight is 167 g/mol. The zero-order chi connectivity index (χ0) is 8.97. The summed E-state index contributed by atoms with van der Waals surface area (Å²) in [7, 11) is 0. The summed E-state index contributed by atoms with van der Waals surface area (Å²) in [5.74, 6) is -0.183. The summed E-state index contributed by atoms with van der Waals surface area (Å²) in [5, 5.41) is 3.08. The third-order valence-electron chi connectivity index (χ3n) is 1.89. The molecule has 2 heteroatoms. The van der Waals surface area contributed by atoms with E-state index in [2.05, 4.69) is 12.2 Å². The molecule has 0 fully saturated rings. The van der Waals surface area contributed by atoms with Gasteiger partial charge >= 0.3 is 0 Å². The monoisotopic (exact) mass is 167 g/mol. The van der Waals surface area contributed by atoms with E-state index in [1.54, 1.807) is 12.1 Å². The van der Waals surface area contributed by atoms with Gasteiger partial charge in [-0.05, 0) is 25.5 Å². The van der Waals surface area contributed by atoms with Crippen LogP contribution in [0.4, 0.5) is 10.1 Å². The summed E-state index contributed by atoms with van der Waals surface area (Å²) in [6.07, 6.45) is 0.994. The second kappa shape index (κ2) is 4.10. The highest BCUT2D eigenvalue weighted by Gasteiger charge is 2.02. The van der Waals surface area contributed by atoms with E-state index >= 15 is 0 Å². The molecule has 1 nitrogen and oxygen atoms in total. The van der Waals surface area contributed by atoms with Crippen molar-refractivity contribution in [3.05, 3.63) is 30.1 Å². The van der Waals surface area contributed by atoms with Crippen molar-refractivity contribution >= 4 is 5.69 Å². The maximum atomic E-state index is 13.0. The lowest BCUT2D eigenvalue weighted by Crippen LogP contribution is -2.14. The van der Waals surface area contributed by atoms with Gasteiger partial charge in [-0.3, -0.25) is 0 Å². The van der Waals surface area contributed by atoms with Crippen LogP contribution in [-0.2, 0) is 0 Å². The lowest BCUT2D eigenvalue weighted by molar-refractivity contribution is 0.625. The first-order valence-electron chi connectivity index (χ1n) is 4.25. The number of anilines is 1. The van der Waals surface area contributed by atoms with Gasteiger partial charge in [0.25, 0.3) is 0 Å². The van der Waals surface area contributed by atoms with Crippen LogP contribution in [0, 0.1) is 5.82 Å². The predicted octanol–water partition coefficient (Wildman–Crippen LogP) is 3.04. The van der Waals surface area contributed by atoms with Crippen molar-refractivity contribution in [1.82, 2.24) is 0 Å². The number of hydrogen-bond donors (Lipinski definition) is 1. The first kappa shape index (κ1) is 9.04. The van der Waals surface area contributed by atoms with Crippen LogP contribution in [0.3, 0.4) is 0 Å². The van der Waals surface area contributed by atoms with Gasteiger partial charge in [0.2, 0.25) is 0 Å². The van der Waals surface area contributed by atoms with E-state index in [1.165, 1.54) is 6.07 Å². The fraction of sp³-hybridized carbons (Fsp3) is 0.400. The Labute approximate surface area is 72.6 Å². The summed E-state index contributed by atoms with van der Waals surface area (Å²) in [5.41, 5.74) is 0.590. The lowest BCUT2D eigenvalue weighted by Gasteiger charge is -2.12. The largest absolute Gasteiger partial charge is 0.380 e. The van der Waals surface area contributed by atoms with Crippen LogP contribution in [-0.4, -0.2) is 6.04 Å². The molecule has 0 saturated heterocycles. The Morgan fingerprint density at radius 1 is 1.42 bits per heavy atom. The first-order valence-corrected chi connectivity index (χ1v) is 4.25. The molecule has 1 rings (SSSR count). The fourth-order valence-corrected chi connectivity index (χ4v) is 0.946. The second-order valence-electron chi connectivity index (χ2n) is 2.93. The minimum Gasteiger partial charge on any atom is -0.380 e. The van der Waals surface area contributed by atoms with Crippen molar-refractivity contribution in [2.75, 3.05) is 5.32 Å².